The molecular weight excluding hydrogens is 326 g/mol. The summed E-state index contributed by atoms with van der Waals surface area (Å²) in [4.78, 5) is 11.6. The molecule has 142 valence electrons. The van der Waals surface area contributed by atoms with Gasteiger partial charge in [0.1, 0.15) is 0 Å². The van der Waals surface area contributed by atoms with E-state index in [9.17, 15) is 4.79 Å². The lowest BCUT2D eigenvalue weighted by Crippen LogP contribution is -2.48. The lowest BCUT2D eigenvalue weighted by Gasteiger charge is -2.49. The van der Waals surface area contributed by atoms with Crippen LogP contribution in [0.5, 0.6) is 0 Å². The van der Waals surface area contributed by atoms with Gasteiger partial charge in [0.15, 0.2) is 5.79 Å². The van der Waals surface area contributed by atoms with Crippen LogP contribution in [0.25, 0.3) is 0 Å². The fourth-order valence-corrected chi connectivity index (χ4v) is 5.72. The van der Waals surface area contributed by atoms with Crippen LogP contribution >= 0.6 is 0 Å². The molecule has 2 aliphatic carbocycles. The van der Waals surface area contributed by atoms with Gasteiger partial charge in [-0.25, -0.2) is 0 Å². The third kappa shape index (κ3) is 2.87. The zero-order valence-corrected chi connectivity index (χ0v) is 16.3. The van der Waals surface area contributed by atoms with Gasteiger partial charge in [-0.15, -0.1) is 0 Å². The number of hydrogen-bond acceptors (Lipinski definition) is 3. The second-order valence-corrected chi connectivity index (χ2v) is 8.42. The topological polar surface area (TPSA) is 47.6 Å². The van der Waals surface area contributed by atoms with Gasteiger partial charge in [-0.05, 0) is 73.1 Å². The van der Waals surface area contributed by atoms with Crippen molar-refractivity contribution in [2.24, 2.45) is 5.92 Å². The summed E-state index contributed by atoms with van der Waals surface area (Å²) in [6, 6.07) is 4.59. The highest BCUT2D eigenvalue weighted by Gasteiger charge is 2.52. The van der Waals surface area contributed by atoms with E-state index >= 15 is 0 Å². The van der Waals surface area contributed by atoms with Gasteiger partial charge in [-0.3, -0.25) is 4.79 Å². The minimum atomic E-state index is -0.320. The average molecular weight is 357 g/mol. The Balaban J connectivity index is 1.74. The number of carbonyl (C=O) groups is 1. The molecule has 1 saturated heterocycles. The van der Waals surface area contributed by atoms with Crippen molar-refractivity contribution in [3.63, 3.8) is 0 Å². The third-order valence-electron chi connectivity index (χ3n) is 7.03. The molecule has 4 nitrogen and oxygen atoms in total. The lowest BCUT2D eigenvalue weighted by atomic mass is 9.58. The van der Waals surface area contributed by atoms with Crippen LogP contribution in [-0.2, 0) is 26.1 Å². The fraction of sp³-hybridized carbons (Fsp3) is 0.682. The number of benzene rings is 1. The maximum Gasteiger partial charge on any atom is 0.221 e. The van der Waals surface area contributed by atoms with Crippen molar-refractivity contribution in [1.82, 2.24) is 0 Å². The maximum absolute atomic E-state index is 11.6. The molecule has 1 aromatic carbocycles. The summed E-state index contributed by atoms with van der Waals surface area (Å²) in [5, 5.41) is 3.01. The highest BCUT2D eigenvalue weighted by molar-refractivity contribution is 5.89. The van der Waals surface area contributed by atoms with Crippen molar-refractivity contribution < 1.29 is 14.3 Å². The Bertz CT molecular complexity index is 708. The van der Waals surface area contributed by atoms with Crippen LogP contribution in [0, 0.1) is 12.8 Å². The molecule has 1 heterocycles. The number of hydrogen-bond donors (Lipinski definition) is 1. The van der Waals surface area contributed by atoms with Crippen LogP contribution in [0.2, 0.25) is 0 Å². The third-order valence-corrected chi connectivity index (χ3v) is 7.03. The number of aryl methyl sites for hydroxylation is 2. The second-order valence-electron chi connectivity index (χ2n) is 8.42. The van der Waals surface area contributed by atoms with Crippen molar-refractivity contribution in [2.45, 2.75) is 76.9 Å². The summed E-state index contributed by atoms with van der Waals surface area (Å²) in [6.45, 7) is 7.51. The van der Waals surface area contributed by atoms with E-state index in [1.807, 2.05) is 0 Å². The number of ether oxygens (including phenoxy) is 2. The first kappa shape index (κ1) is 18.0. The van der Waals surface area contributed by atoms with Gasteiger partial charge >= 0.3 is 0 Å². The summed E-state index contributed by atoms with van der Waals surface area (Å²) >= 11 is 0. The predicted octanol–water partition coefficient (Wildman–Crippen LogP) is 4.48. The van der Waals surface area contributed by atoms with Crippen LogP contribution in [-0.4, -0.2) is 24.9 Å². The minimum absolute atomic E-state index is 0.0000997. The molecule has 1 amide bonds. The molecule has 0 bridgehead atoms. The molecule has 2 fully saturated rings. The second kappa shape index (κ2) is 6.65. The Morgan fingerprint density at radius 1 is 1.27 bits per heavy atom. The number of rotatable bonds is 2. The summed E-state index contributed by atoms with van der Waals surface area (Å²) in [7, 11) is 0. The van der Waals surface area contributed by atoms with Gasteiger partial charge in [0.25, 0.3) is 0 Å². The highest BCUT2D eigenvalue weighted by Crippen LogP contribution is 2.55. The van der Waals surface area contributed by atoms with Crippen molar-refractivity contribution in [2.75, 3.05) is 18.5 Å². The zero-order chi connectivity index (χ0) is 18.4. The Kier molecular flexibility index (Phi) is 4.60. The fourth-order valence-electron chi connectivity index (χ4n) is 5.72. The molecule has 0 aromatic heterocycles. The maximum atomic E-state index is 11.6. The average Bonchev–Trinajstić information content (AvgIpc) is 3.00. The Hall–Kier alpha value is -1.39. The van der Waals surface area contributed by atoms with E-state index in [0.29, 0.717) is 5.92 Å². The molecule has 4 heteroatoms. The Morgan fingerprint density at radius 3 is 2.73 bits per heavy atom. The largest absolute Gasteiger partial charge is 0.348 e. The lowest BCUT2D eigenvalue weighted by molar-refractivity contribution is -0.199. The van der Waals surface area contributed by atoms with E-state index in [0.717, 1.165) is 51.0 Å². The van der Waals surface area contributed by atoms with E-state index < -0.39 is 0 Å². The summed E-state index contributed by atoms with van der Waals surface area (Å²) < 4.78 is 12.1. The molecular formula is C22H31NO3. The summed E-state index contributed by atoms with van der Waals surface area (Å²) in [5.74, 6) is 0.283. The van der Waals surface area contributed by atoms with Gasteiger partial charge in [0.05, 0.1) is 13.2 Å². The standard InChI is InChI=1S/C22H31NO3/c1-4-21-8-9-22(25-10-11-26-22)14-18(21)7-5-6-17-13-20(23-16(3)24)15(2)12-19(17)21/h12-13,18H,4-11,14H2,1-3H3,(H,23,24)/t18-,21+/m1/s1. The Morgan fingerprint density at radius 2 is 2.04 bits per heavy atom. The van der Waals surface area contributed by atoms with Gasteiger partial charge in [-0.2, -0.15) is 0 Å². The summed E-state index contributed by atoms with van der Waals surface area (Å²) in [6.07, 6.45) is 7.80. The molecule has 0 radical (unpaired) electrons. The first-order chi connectivity index (χ1) is 12.5. The quantitative estimate of drug-likeness (QED) is 0.849. The number of fused-ring (bicyclic) bond motifs is 3. The van der Waals surface area contributed by atoms with Gasteiger partial charge in [0.2, 0.25) is 5.91 Å². The van der Waals surface area contributed by atoms with Crippen LogP contribution in [0.15, 0.2) is 12.1 Å². The Labute approximate surface area is 156 Å². The zero-order valence-electron chi connectivity index (χ0n) is 16.3. The van der Waals surface area contributed by atoms with Gasteiger partial charge < -0.3 is 14.8 Å². The van der Waals surface area contributed by atoms with Crippen molar-refractivity contribution in [1.29, 1.82) is 0 Å². The minimum Gasteiger partial charge on any atom is -0.348 e. The van der Waals surface area contributed by atoms with Crippen molar-refractivity contribution >= 4 is 11.6 Å². The smallest absolute Gasteiger partial charge is 0.221 e. The van der Waals surface area contributed by atoms with Crippen LogP contribution < -0.4 is 5.32 Å². The molecule has 26 heavy (non-hydrogen) atoms. The molecule has 3 aliphatic rings. The molecule has 1 saturated carbocycles. The van der Waals surface area contributed by atoms with E-state index in [1.54, 1.807) is 6.92 Å². The normalized spacial score (nSPS) is 29.7. The molecule has 1 spiro atoms. The monoisotopic (exact) mass is 357 g/mol. The van der Waals surface area contributed by atoms with Gasteiger partial charge in [-0.1, -0.05) is 13.0 Å². The molecule has 1 aliphatic heterocycles. The molecule has 1 N–H and O–H groups in total. The number of amides is 1. The van der Waals surface area contributed by atoms with Crippen LogP contribution in [0.3, 0.4) is 0 Å². The first-order valence-corrected chi connectivity index (χ1v) is 10.2. The molecule has 2 atom stereocenters. The number of nitrogens with one attached hydrogen (secondary N) is 1. The number of anilines is 1. The van der Waals surface area contributed by atoms with E-state index in [2.05, 4.69) is 31.3 Å². The molecule has 4 rings (SSSR count). The summed E-state index contributed by atoms with van der Waals surface area (Å²) in [5.41, 5.74) is 5.29. The highest BCUT2D eigenvalue weighted by atomic mass is 16.7. The van der Waals surface area contributed by atoms with E-state index in [4.69, 9.17) is 9.47 Å². The van der Waals surface area contributed by atoms with E-state index in [-0.39, 0.29) is 17.1 Å². The molecule has 1 aromatic rings. The van der Waals surface area contributed by atoms with Crippen LogP contribution in [0.1, 0.15) is 69.1 Å². The first-order valence-electron chi connectivity index (χ1n) is 10.2. The SMILES string of the molecule is CC[C@]12CCC3(C[C@H]1CCCc1cc(NC(C)=O)c(C)cc12)OCCO3. The van der Waals surface area contributed by atoms with Crippen molar-refractivity contribution in [3.8, 4) is 0 Å². The van der Waals surface area contributed by atoms with Crippen molar-refractivity contribution in [3.05, 3.63) is 28.8 Å². The van der Waals surface area contributed by atoms with E-state index in [1.165, 1.54) is 29.5 Å². The van der Waals surface area contributed by atoms with Crippen LogP contribution in [0.4, 0.5) is 5.69 Å². The van der Waals surface area contributed by atoms with Gasteiger partial charge in [0, 0.05) is 25.5 Å². The number of carbonyl (C=O) groups excluding carboxylic acids is 1. The predicted molar refractivity (Wildman–Crippen MR) is 102 cm³/mol. The molecule has 0 unspecified atom stereocenters.